The Hall–Kier alpha value is -1.07. The van der Waals surface area contributed by atoms with E-state index in [4.69, 9.17) is 0 Å². The molecule has 0 spiro atoms. The summed E-state index contributed by atoms with van der Waals surface area (Å²) < 4.78 is 24.8. The first-order valence-corrected chi connectivity index (χ1v) is 9.28. The van der Waals surface area contributed by atoms with E-state index in [-0.39, 0.29) is 5.75 Å². The molecule has 0 heterocycles. The molecule has 1 aliphatic carbocycles. The van der Waals surface area contributed by atoms with Crippen LogP contribution < -0.4 is 4.90 Å². The number of anilines is 1. The minimum Gasteiger partial charge on any atom is -0.388 e. The first-order valence-electron chi connectivity index (χ1n) is 7.63. The molecule has 5 heteroatoms. The second-order valence-electron chi connectivity index (χ2n) is 6.07. The molecule has 0 atom stereocenters. The van der Waals surface area contributed by atoms with Gasteiger partial charge in [0.05, 0.1) is 21.9 Å². The van der Waals surface area contributed by atoms with Crippen LogP contribution in [-0.4, -0.2) is 38.5 Å². The fraction of sp³-hybridized carbons (Fsp3) is 0.625. The Morgan fingerprint density at radius 1 is 1.24 bits per heavy atom. The predicted molar refractivity (Wildman–Crippen MR) is 85.5 cm³/mol. The molecule has 1 aliphatic rings. The van der Waals surface area contributed by atoms with Gasteiger partial charge < -0.3 is 10.0 Å². The Morgan fingerprint density at radius 3 is 2.48 bits per heavy atom. The van der Waals surface area contributed by atoms with Crippen LogP contribution >= 0.6 is 0 Å². The summed E-state index contributed by atoms with van der Waals surface area (Å²) in [5.74, 6) is 0.155. The van der Waals surface area contributed by atoms with Gasteiger partial charge in [-0.15, -0.1) is 0 Å². The largest absolute Gasteiger partial charge is 0.388 e. The molecular weight excluding hydrogens is 286 g/mol. The van der Waals surface area contributed by atoms with E-state index < -0.39 is 15.4 Å². The quantitative estimate of drug-likeness (QED) is 0.877. The third-order valence-electron chi connectivity index (χ3n) is 4.15. The Morgan fingerprint density at radius 2 is 1.86 bits per heavy atom. The molecule has 4 nitrogen and oxygen atoms in total. The monoisotopic (exact) mass is 311 g/mol. The van der Waals surface area contributed by atoms with E-state index in [0.29, 0.717) is 23.5 Å². The number of hydrogen-bond donors (Lipinski definition) is 1. The van der Waals surface area contributed by atoms with Crippen molar-refractivity contribution in [1.29, 1.82) is 0 Å². The van der Waals surface area contributed by atoms with Gasteiger partial charge in [-0.3, -0.25) is 0 Å². The van der Waals surface area contributed by atoms with Crippen molar-refractivity contribution in [1.82, 2.24) is 0 Å². The van der Waals surface area contributed by atoms with Crippen molar-refractivity contribution in [3.8, 4) is 0 Å². The van der Waals surface area contributed by atoms with Crippen LogP contribution in [0.25, 0.3) is 0 Å². The first kappa shape index (κ1) is 16.3. The minimum atomic E-state index is -3.26. The summed E-state index contributed by atoms with van der Waals surface area (Å²) in [6.45, 7) is 2.34. The van der Waals surface area contributed by atoms with Gasteiger partial charge >= 0.3 is 0 Å². The summed E-state index contributed by atoms with van der Waals surface area (Å²) >= 11 is 0. The normalized spacial score (nSPS) is 17.9. The maximum atomic E-state index is 12.4. The van der Waals surface area contributed by atoms with Crippen LogP contribution in [0.2, 0.25) is 0 Å². The van der Waals surface area contributed by atoms with E-state index in [1.807, 2.05) is 31.0 Å². The lowest BCUT2D eigenvalue weighted by molar-refractivity contribution is 0.0558. The highest BCUT2D eigenvalue weighted by molar-refractivity contribution is 7.91. The summed E-state index contributed by atoms with van der Waals surface area (Å²) in [6.07, 6.45) is 4.27. The van der Waals surface area contributed by atoms with Crippen molar-refractivity contribution in [2.24, 2.45) is 0 Å². The molecule has 0 amide bonds. The number of para-hydroxylation sites is 1. The summed E-state index contributed by atoms with van der Waals surface area (Å²) in [6, 6.07) is 7.08. The molecule has 118 valence electrons. The topological polar surface area (TPSA) is 57.6 Å². The van der Waals surface area contributed by atoms with Gasteiger partial charge in [0.2, 0.25) is 0 Å². The predicted octanol–water partition coefficient (Wildman–Crippen LogP) is 2.61. The van der Waals surface area contributed by atoms with E-state index in [1.54, 1.807) is 12.1 Å². The number of rotatable bonds is 6. The van der Waals surface area contributed by atoms with Crippen LogP contribution in [0.1, 0.15) is 39.0 Å². The molecule has 21 heavy (non-hydrogen) atoms. The third kappa shape index (κ3) is 3.77. The van der Waals surface area contributed by atoms with Crippen LogP contribution in [0.15, 0.2) is 29.2 Å². The smallest absolute Gasteiger partial charge is 0.180 e. The van der Waals surface area contributed by atoms with Gasteiger partial charge in [-0.25, -0.2) is 8.42 Å². The summed E-state index contributed by atoms with van der Waals surface area (Å²) in [5.41, 5.74) is 0.00222. The van der Waals surface area contributed by atoms with E-state index in [1.165, 1.54) is 0 Å². The fourth-order valence-electron chi connectivity index (χ4n) is 3.13. The second-order valence-corrected chi connectivity index (χ2v) is 8.15. The lowest BCUT2D eigenvalue weighted by atomic mass is 10.0. The standard InChI is InChI=1S/C16H25NO3S/c1-3-12-21(19,20)15-9-5-4-8-14(15)17(2)13-16(18)10-6-7-11-16/h4-5,8-9,18H,3,6-7,10-13H2,1-2H3. The van der Waals surface area contributed by atoms with Crippen LogP contribution in [0.3, 0.4) is 0 Å². The first-order chi connectivity index (χ1) is 9.88. The van der Waals surface area contributed by atoms with Gasteiger partial charge in [-0.1, -0.05) is 31.9 Å². The highest BCUT2D eigenvalue weighted by Gasteiger charge is 2.33. The summed E-state index contributed by atoms with van der Waals surface area (Å²) in [4.78, 5) is 2.25. The zero-order valence-corrected chi connectivity index (χ0v) is 13.7. The molecule has 1 N–H and O–H groups in total. The molecule has 0 radical (unpaired) electrons. The van der Waals surface area contributed by atoms with Crippen molar-refractivity contribution in [2.45, 2.75) is 49.5 Å². The number of sulfone groups is 1. The van der Waals surface area contributed by atoms with E-state index in [2.05, 4.69) is 0 Å². The zero-order valence-electron chi connectivity index (χ0n) is 12.9. The van der Waals surface area contributed by atoms with Crippen LogP contribution in [0.4, 0.5) is 5.69 Å². The van der Waals surface area contributed by atoms with Crippen LogP contribution in [0.5, 0.6) is 0 Å². The van der Waals surface area contributed by atoms with E-state index >= 15 is 0 Å². The third-order valence-corrected chi connectivity index (χ3v) is 6.11. The second kappa shape index (κ2) is 6.36. The molecule has 0 aromatic heterocycles. The molecule has 1 aromatic carbocycles. The van der Waals surface area contributed by atoms with Crippen molar-refractivity contribution >= 4 is 15.5 Å². The molecular formula is C16H25NO3S. The Labute approximate surface area is 127 Å². The lowest BCUT2D eigenvalue weighted by Crippen LogP contribution is -2.39. The summed E-state index contributed by atoms with van der Waals surface area (Å²) in [5, 5.41) is 10.5. The number of aliphatic hydroxyl groups is 1. The summed E-state index contributed by atoms with van der Waals surface area (Å²) in [7, 11) is -1.40. The average Bonchev–Trinajstić information content (AvgIpc) is 2.85. The maximum absolute atomic E-state index is 12.4. The molecule has 1 aromatic rings. The molecule has 2 rings (SSSR count). The number of hydrogen-bond acceptors (Lipinski definition) is 4. The van der Waals surface area contributed by atoms with Gasteiger partial charge in [0.25, 0.3) is 0 Å². The molecule has 0 saturated heterocycles. The Bertz CT molecular complexity index is 577. The molecule has 0 unspecified atom stereocenters. The molecule has 1 fully saturated rings. The Kier molecular flexibility index (Phi) is 4.94. The van der Waals surface area contributed by atoms with E-state index in [9.17, 15) is 13.5 Å². The van der Waals surface area contributed by atoms with Crippen molar-refractivity contribution in [3.63, 3.8) is 0 Å². The zero-order chi connectivity index (χ0) is 15.5. The molecule has 0 bridgehead atoms. The van der Waals surface area contributed by atoms with Gasteiger partial charge in [-0.2, -0.15) is 0 Å². The van der Waals surface area contributed by atoms with Crippen molar-refractivity contribution < 1.29 is 13.5 Å². The maximum Gasteiger partial charge on any atom is 0.180 e. The number of likely N-dealkylation sites (N-methyl/N-ethyl adjacent to an activating group) is 1. The SMILES string of the molecule is CCCS(=O)(=O)c1ccccc1N(C)CC1(O)CCCC1. The van der Waals surface area contributed by atoms with E-state index in [0.717, 1.165) is 25.7 Å². The minimum absolute atomic E-state index is 0.155. The molecule has 1 saturated carbocycles. The number of nitrogens with zero attached hydrogens (tertiary/aromatic N) is 1. The van der Waals surface area contributed by atoms with Gasteiger partial charge in [0.15, 0.2) is 9.84 Å². The number of benzene rings is 1. The average molecular weight is 311 g/mol. The van der Waals surface area contributed by atoms with Gasteiger partial charge in [0.1, 0.15) is 0 Å². The Balaban J connectivity index is 2.27. The fourth-order valence-corrected chi connectivity index (χ4v) is 4.72. The highest BCUT2D eigenvalue weighted by atomic mass is 32.2. The highest BCUT2D eigenvalue weighted by Crippen LogP contribution is 2.33. The van der Waals surface area contributed by atoms with Crippen molar-refractivity contribution in [2.75, 3.05) is 24.2 Å². The van der Waals surface area contributed by atoms with Crippen molar-refractivity contribution in [3.05, 3.63) is 24.3 Å². The van der Waals surface area contributed by atoms with Crippen LogP contribution in [-0.2, 0) is 9.84 Å². The lowest BCUT2D eigenvalue weighted by Gasteiger charge is -2.31. The molecule has 0 aliphatic heterocycles. The van der Waals surface area contributed by atoms with Crippen LogP contribution in [0, 0.1) is 0 Å². The van der Waals surface area contributed by atoms with Gasteiger partial charge in [-0.05, 0) is 31.4 Å². The van der Waals surface area contributed by atoms with Gasteiger partial charge in [0, 0.05) is 13.6 Å².